The summed E-state index contributed by atoms with van der Waals surface area (Å²) in [5.74, 6) is -0.563. The average Bonchev–Trinajstić information content (AvgIpc) is 3.03. The number of nitrogens with one attached hydrogen (secondary N) is 1. The van der Waals surface area contributed by atoms with E-state index < -0.39 is 12.0 Å². The number of benzene rings is 2. The number of hydrogen-bond acceptors (Lipinski definition) is 4. The van der Waals surface area contributed by atoms with Gasteiger partial charge in [0.05, 0.1) is 32.3 Å². The van der Waals surface area contributed by atoms with Crippen LogP contribution in [0.3, 0.4) is 0 Å². The minimum atomic E-state index is -0.972. The van der Waals surface area contributed by atoms with E-state index in [1.54, 1.807) is 37.6 Å². The number of carbonyl (C=O) groups excluding carboxylic acids is 1. The van der Waals surface area contributed by atoms with Crippen molar-refractivity contribution in [2.45, 2.75) is 18.9 Å². The Morgan fingerprint density at radius 2 is 1.96 bits per heavy atom. The minimum absolute atomic E-state index is 0.0995. The Morgan fingerprint density at radius 3 is 2.65 bits per heavy atom. The highest BCUT2D eigenvalue weighted by atomic mass is 16.5. The topological polar surface area (TPSA) is 88.8 Å². The first-order valence-corrected chi connectivity index (χ1v) is 8.17. The van der Waals surface area contributed by atoms with Gasteiger partial charge in [0.15, 0.2) is 0 Å². The van der Waals surface area contributed by atoms with Gasteiger partial charge in [0.2, 0.25) is 5.91 Å². The van der Waals surface area contributed by atoms with Crippen molar-refractivity contribution in [2.24, 2.45) is 0 Å². The summed E-state index contributed by atoms with van der Waals surface area (Å²) in [5, 5.41) is 12.8. The summed E-state index contributed by atoms with van der Waals surface area (Å²) in [4.78, 5) is 23.6. The van der Waals surface area contributed by atoms with Gasteiger partial charge in [-0.1, -0.05) is 30.3 Å². The molecule has 0 radical (unpaired) electrons. The number of ether oxygens (including phenoxy) is 1. The molecule has 1 heterocycles. The molecule has 0 bridgehead atoms. The Labute approximate surface area is 150 Å². The number of carboxylic acids is 1. The molecule has 0 saturated carbocycles. The lowest BCUT2D eigenvalue weighted by Crippen LogP contribution is -2.31. The maximum Gasteiger partial charge on any atom is 0.305 e. The van der Waals surface area contributed by atoms with Gasteiger partial charge >= 0.3 is 5.97 Å². The first kappa shape index (κ1) is 17.5. The number of aliphatic carboxylic acids is 1. The SMILES string of the molecule is COc1ccc2c(CC(=O)N[C@@H](CC(=O)O)c3ccccc3)coc2c1. The standard InChI is InChI=1S/C20H19NO5/c1-25-15-7-8-16-14(12-26-18(16)10-15)9-19(22)21-17(11-20(23)24)13-5-3-2-4-6-13/h2-8,10,12,17H,9,11H2,1H3,(H,21,22)(H,23,24)/t17-/m0/s1. The van der Waals surface area contributed by atoms with Gasteiger partial charge in [0.25, 0.3) is 0 Å². The molecular weight excluding hydrogens is 334 g/mol. The number of hydrogen-bond donors (Lipinski definition) is 2. The van der Waals surface area contributed by atoms with E-state index in [-0.39, 0.29) is 18.7 Å². The summed E-state index contributed by atoms with van der Waals surface area (Å²) in [6.45, 7) is 0. The van der Waals surface area contributed by atoms with Gasteiger partial charge in [0, 0.05) is 17.0 Å². The monoisotopic (exact) mass is 353 g/mol. The van der Waals surface area contributed by atoms with Crippen LogP contribution in [-0.2, 0) is 16.0 Å². The number of fused-ring (bicyclic) bond motifs is 1. The van der Waals surface area contributed by atoms with E-state index in [2.05, 4.69) is 5.32 Å². The normalized spacial score (nSPS) is 11.9. The van der Waals surface area contributed by atoms with Gasteiger partial charge in [-0.25, -0.2) is 0 Å². The second kappa shape index (κ2) is 7.74. The fourth-order valence-corrected chi connectivity index (χ4v) is 2.86. The molecule has 6 heteroatoms. The van der Waals surface area contributed by atoms with Crippen molar-refractivity contribution >= 4 is 22.8 Å². The third-order valence-corrected chi connectivity index (χ3v) is 4.13. The first-order chi connectivity index (χ1) is 12.6. The summed E-state index contributed by atoms with van der Waals surface area (Å²) in [7, 11) is 1.57. The summed E-state index contributed by atoms with van der Waals surface area (Å²) in [6.07, 6.45) is 1.46. The Kier molecular flexibility index (Phi) is 5.22. The Bertz CT molecular complexity index is 916. The number of amides is 1. The number of carbonyl (C=O) groups is 2. The van der Waals surface area contributed by atoms with Crippen molar-refractivity contribution in [3.05, 3.63) is 65.9 Å². The molecule has 1 atom stereocenters. The van der Waals surface area contributed by atoms with Gasteiger partial charge in [0.1, 0.15) is 11.3 Å². The van der Waals surface area contributed by atoms with E-state index in [1.165, 1.54) is 0 Å². The van der Waals surface area contributed by atoms with Crippen LogP contribution < -0.4 is 10.1 Å². The maximum absolute atomic E-state index is 12.5. The van der Waals surface area contributed by atoms with E-state index >= 15 is 0 Å². The Morgan fingerprint density at radius 1 is 1.19 bits per heavy atom. The zero-order chi connectivity index (χ0) is 18.5. The molecule has 0 unspecified atom stereocenters. The first-order valence-electron chi connectivity index (χ1n) is 8.17. The van der Waals surface area contributed by atoms with Gasteiger partial charge < -0.3 is 19.6 Å². The van der Waals surface area contributed by atoms with E-state index in [0.29, 0.717) is 11.3 Å². The molecule has 0 spiro atoms. The number of methoxy groups -OCH3 is 1. The molecule has 2 aromatic carbocycles. The lowest BCUT2D eigenvalue weighted by Gasteiger charge is -2.17. The van der Waals surface area contributed by atoms with Crippen LogP contribution >= 0.6 is 0 Å². The summed E-state index contributed by atoms with van der Waals surface area (Å²) < 4.78 is 10.6. The second-order valence-corrected chi connectivity index (χ2v) is 5.93. The van der Waals surface area contributed by atoms with Crippen molar-refractivity contribution in [1.82, 2.24) is 5.32 Å². The van der Waals surface area contributed by atoms with Gasteiger partial charge in [-0.2, -0.15) is 0 Å². The highest BCUT2D eigenvalue weighted by Crippen LogP contribution is 2.26. The van der Waals surface area contributed by atoms with Crippen LogP contribution in [0.25, 0.3) is 11.0 Å². The van der Waals surface area contributed by atoms with E-state index in [1.807, 2.05) is 24.3 Å². The maximum atomic E-state index is 12.5. The lowest BCUT2D eigenvalue weighted by molar-refractivity contribution is -0.137. The lowest BCUT2D eigenvalue weighted by atomic mass is 10.0. The highest BCUT2D eigenvalue weighted by molar-refractivity contribution is 5.88. The molecule has 0 saturated heterocycles. The van der Waals surface area contributed by atoms with Crippen LogP contribution in [0.5, 0.6) is 5.75 Å². The summed E-state index contributed by atoms with van der Waals surface area (Å²) in [6, 6.07) is 13.9. The molecule has 1 aromatic heterocycles. The van der Waals surface area contributed by atoms with Crippen molar-refractivity contribution in [1.29, 1.82) is 0 Å². The average molecular weight is 353 g/mol. The molecule has 134 valence electrons. The molecular formula is C20H19NO5. The number of furan rings is 1. The van der Waals surface area contributed by atoms with Crippen LogP contribution in [-0.4, -0.2) is 24.1 Å². The molecule has 26 heavy (non-hydrogen) atoms. The zero-order valence-corrected chi connectivity index (χ0v) is 14.3. The molecule has 0 aliphatic heterocycles. The van der Waals surface area contributed by atoms with Crippen molar-refractivity contribution in [3.63, 3.8) is 0 Å². The molecule has 1 amide bonds. The minimum Gasteiger partial charge on any atom is -0.497 e. The van der Waals surface area contributed by atoms with Crippen LogP contribution in [0.4, 0.5) is 0 Å². The van der Waals surface area contributed by atoms with Crippen molar-refractivity contribution < 1.29 is 23.8 Å². The zero-order valence-electron chi connectivity index (χ0n) is 14.3. The highest BCUT2D eigenvalue weighted by Gasteiger charge is 2.19. The second-order valence-electron chi connectivity index (χ2n) is 5.93. The van der Waals surface area contributed by atoms with Crippen molar-refractivity contribution in [2.75, 3.05) is 7.11 Å². The van der Waals surface area contributed by atoms with Crippen LogP contribution in [0.15, 0.2) is 59.2 Å². The smallest absolute Gasteiger partial charge is 0.305 e. The number of rotatable bonds is 7. The van der Waals surface area contributed by atoms with Crippen LogP contribution in [0, 0.1) is 0 Å². The predicted octanol–water partition coefficient (Wildman–Crippen LogP) is 3.32. The number of carboxylic acid groups (broad SMARTS) is 1. The summed E-state index contributed by atoms with van der Waals surface area (Å²) in [5.41, 5.74) is 2.13. The fraction of sp³-hybridized carbons (Fsp3) is 0.200. The molecule has 0 fully saturated rings. The molecule has 6 nitrogen and oxygen atoms in total. The molecule has 0 aliphatic rings. The Hall–Kier alpha value is -3.28. The van der Waals surface area contributed by atoms with E-state index in [0.717, 1.165) is 16.5 Å². The molecule has 0 aliphatic carbocycles. The molecule has 3 rings (SSSR count). The van der Waals surface area contributed by atoms with Gasteiger partial charge in [-0.3, -0.25) is 9.59 Å². The van der Waals surface area contributed by atoms with E-state index in [9.17, 15) is 9.59 Å². The van der Waals surface area contributed by atoms with Crippen LogP contribution in [0.2, 0.25) is 0 Å². The van der Waals surface area contributed by atoms with Crippen molar-refractivity contribution in [3.8, 4) is 5.75 Å². The predicted molar refractivity (Wildman–Crippen MR) is 96.0 cm³/mol. The van der Waals surface area contributed by atoms with E-state index in [4.69, 9.17) is 14.3 Å². The van der Waals surface area contributed by atoms with Gasteiger partial charge in [-0.15, -0.1) is 0 Å². The fourth-order valence-electron chi connectivity index (χ4n) is 2.86. The summed E-state index contributed by atoms with van der Waals surface area (Å²) >= 11 is 0. The quantitative estimate of drug-likeness (QED) is 0.680. The third kappa shape index (κ3) is 4.03. The third-order valence-electron chi connectivity index (χ3n) is 4.13. The Balaban J connectivity index is 1.75. The van der Waals surface area contributed by atoms with Crippen LogP contribution in [0.1, 0.15) is 23.6 Å². The van der Waals surface area contributed by atoms with Gasteiger partial charge in [-0.05, 0) is 17.7 Å². The largest absolute Gasteiger partial charge is 0.497 e. The molecule has 2 N–H and O–H groups in total. The molecule has 3 aromatic rings.